The van der Waals surface area contributed by atoms with E-state index in [1.807, 2.05) is 13.2 Å². The van der Waals surface area contributed by atoms with Crippen molar-refractivity contribution in [3.63, 3.8) is 0 Å². The summed E-state index contributed by atoms with van der Waals surface area (Å²) in [5.74, 6) is 0. The molecule has 1 fully saturated rings. The summed E-state index contributed by atoms with van der Waals surface area (Å²) in [5.41, 5.74) is 2.52. The highest BCUT2D eigenvalue weighted by molar-refractivity contribution is 5.15. The van der Waals surface area contributed by atoms with Crippen LogP contribution in [0, 0.1) is 6.92 Å². The maximum Gasteiger partial charge on any atom is 0.0775 e. The molecule has 0 radical (unpaired) electrons. The van der Waals surface area contributed by atoms with Gasteiger partial charge in [-0.05, 0) is 33.7 Å². The number of nitrogens with zero attached hydrogens (tertiary/aromatic N) is 2. The largest absolute Gasteiger partial charge is 0.373 e. The highest BCUT2D eigenvalue weighted by Gasteiger charge is 2.22. The van der Waals surface area contributed by atoms with Crippen LogP contribution in [0.3, 0.4) is 0 Å². The van der Waals surface area contributed by atoms with Crippen molar-refractivity contribution in [2.24, 2.45) is 0 Å². The lowest BCUT2D eigenvalue weighted by Crippen LogP contribution is -2.18. The fraction of sp³-hybridized carbons (Fsp3) is 0.750. The number of hydrogen-bond donors (Lipinski definition) is 1. The molecule has 1 saturated heterocycles. The molecular weight excluding hydrogens is 202 g/mol. The number of hydrogen-bond acceptors (Lipinski definition) is 3. The van der Waals surface area contributed by atoms with Gasteiger partial charge in [-0.25, -0.2) is 0 Å². The molecule has 1 aliphatic rings. The van der Waals surface area contributed by atoms with E-state index in [0.717, 1.165) is 19.5 Å². The average Bonchev–Trinajstić information content (AvgIpc) is 2.80. The van der Waals surface area contributed by atoms with Crippen LogP contribution in [0.4, 0.5) is 0 Å². The first-order valence-corrected chi connectivity index (χ1v) is 6.02. The zero-order chi connectivity index (χ0) is 11.5. The monoisotopic (exact) mass is 223 g/mol. The zero-order valence-electron chi connectivity index (χ0n) is 10.4. The summed E-state index contributed by atoms with van der Waals surface area (Å²) in [5, 5.41) is 7.57. The highest BCUT2D eigenvalue weighted by atomic mass is 16.5. The van der Waals surface area contributed by atoms with E-state index in [1.54, 1.807) is 0 Å². The van der Waals surface area contributed by atoms with Crippen molar-refractivity contribution in [1.29, 1.82) is 0 Å². The molecule has 4 heteroatoms. The predicted octanol–water partition coefficient (Wildman–Crippen LogP) is 1.48. The van der Waals surface area contributed by atoms with E-state index in [-0.39, 0.29) is 0 Å². The summed E-state index contributed by atoms with van der Waals surface area (Å²) in [6.07, 6.45) is 5.04. The minimum atomic E-state index is 0.344. The zero-order valence-corrected chi connectivity index (χ0v) is 10.4. The van der Waals surface area contributed by atoms with Crippen molar-refractivity contribution < 1.29 is 4.74 Å². The van der Waals surface area contributed by atoms with Gasteiger partial charge in [0, 0.05) is 17.8 Å². The molecule has 0 bridgehead atoms. The molecule has 16 heavy (non-hydrogen) atoms. The molecule has 0 aromatic carbocycles. The molecule has 2 heterocycles. The van der Waals surface area contributed by atoms with Crippen molar-refractivity contribution in [2.45, 2.75) is 52.0 Å². The third-order valence-corrected chi connectivity index (χ3v) is 3.27. The lowest BCUT2D eigenvalue weighted by Gasteiger charge is -2.12. The van der Waals surface area contributed by atoms with E-state index >= 15 is 0 Å². The summed E-state index contributed by atoms with van der Waals surface area (Å²) < 4.78 is 7.88. The summed E-state index contributed by atoms with van der Waals surface area (Å²) in [4.78, 5) is 0. The Hall–Kier alpha value is -0.870. The van der Waals surface area contributed by atoms with Crippen molar-refractivity contribution in [3.05, 3.63) is 17.5 Å². The molecule has 0 saturated carbocycles. The van der Waals surface area contributed by atoms with E-state index in [1.165, 1.54) is 17.7 Å². The van der Waals surface area contributed by atoms with Gasteiger partial charge in [-0.2, -0.15) is 5.10 Å². The number of aromatic nitrogens is 2. The van der Waals surface area contributed by atoms with Crippen LogP contribution >= 0.6 is 0 Å². The highest BCUT2D eigenvalue weighted by Crippen LogP contribution is 2.21. The van der Waals surface area contributed by atoms with Gasteiger partial charge in [0.05, 0.1) is 24.9 Å². The maximum atomic E-state index is 5.81. The van der Waals surface area contributed by atoms with Crippen LogP contribution < -0.4 is 5.32 Å². The molecule has 2 atom stereocenters. The molecule has 0 amide bonds. The van der Waals surface area contributed by atoms with Crippen LogP contribution in [-0.2, 0) is 17.8 Å². The standard InChI is InChI=1S/C12H21N3O/c1-9-4-5-12(16-9)8-15-10(2)11(6-13-3)7-14-15/h7,9,12-13H,4-6,8H2,1-3H3. The second-order valence-corrected chi connectivity index (χ2v) is 4.61. The van der Waals surface area contributed by atoms with Crippen molar-refractivity contribution in [2.75, 3.05) is 7.05 Å². The Morgan fingerprint density at radius 1 is 1.56 bits per heavy atom. The smallest absolute Gasteiger partial charge is 0.0775 e. The summed E-state index contributed by atoms with van der Waals surface area (Å²) in [7, 11) is 1.96. The van der Waals surface area contributed by atoms with Gasteiger partial charge >= 0.3 is 0 Å². The lowest BCUT2D eigenvalue weighted by molar-refractivity contribution is 0.0433. The van der Waals surface area contributed by atoms with E-state index in [9.17, 15) is 0 Å². The Morgan fingerprint density at radius 2 is 2.38 bits per heavy atom. The minimum Gasteiger partial charge on any atom is -0.373 e. The fourth-order valence-electron chi connectivity index (χ4n) is 2.25. The SMILES string of the molecule is CNCc1cnn(CC2CCC(C)O2)c1C. The maximum absolute atomic E-state index is 5.81. The number of ether oxygens (including phenoxy) is 1. The van der Waals surface area contributed by atoms with Crippen LogP contribution in [0.2, 0.25) is 0 Å². The van der Waals surface area contributed by atoms with Crippen LogP contribution in [0.5, 0.6) is 0 Å². The second kappa shape index (κ2) is 4.97. The van der Waals surface area contributed by atoms with Gasteiger partial charge in [0.2, 0.25) is 0 Å². The Morgan fingerprint density at radius 3 is 3.00 bits per heavy atom. The molecule has 1 aromatic rings. The Kier molecular flexibility index (Phi) is 3.61. The first-order chi connectivity index (χ1) is 7.70. The molecular formula is C12H21N3O. The molecule has 1 N–H and O–H groups in total. The van der Waals surface area contributed by atoms with E-state index in [2.05, 4.69) is 28.9 Å². The summed E-state index contributed by atoms with van der Waals surface area (Å²) >= 11 is 0. The first kappa shape index (κ1) is 11.6. The topological polar surface area (TPSA) is 39.1 Å². The first-order valence-electron chi connectivity index (χ1n) is 6.02. The number of nitrogens with one attached hydrogen (secondary N) is 1. The molecule has 4 nitrogen and oxygen atoms in total. The van der Waals surface area contributed by atoms with Gasteiger partial charge in [0.25, 0.3) is 0 Å². The Labute approximate surface area is 97.0 Å². The van der Waals surface area contributed by atoms with E-state index in [0.29, 0.717) is 12.2 Å². The normalized spacial score (nSPS) is 25.2. The van der Waals surface area contributed by atoms with Gasteiger partial charge in [0.15, 0.2) is 0 Å². The molecule has 90 valence electrons. The van der Waals surface area contributed by atoms with Crippen LogP contribution in [0.1, 0.15) is 31.0 Å². The van der Waals surface area contributed by atoms with Crippen molar-refractivity contribution in [1.82, 2.24) is 15.1 Å². The quantitative estimate of drug-likeness (QED) is 0.840. The van der Waals surface area contributed by atoms with Crippen LogP contribution in [0.15, 0.2) is 6.20 Å². The third kappa shape index (κ3) is 2.44. The minimum absolute atomic E-state index is 0.344. The van der Waals surface area contributed by atoms with E-state index in [4.69, 9.17) is 4.74 Å². The third-order valence-electron chi connectivity index (χ3n) is 3.27. The van der Waals surface area contributed by atoms with Gasteiger partial charge in [-0.3, -0.25) is 4.68 Å². The van der Waals surface area contributed by atoms with Gasteiger partial charge < -0.3 is 10.1 Å². The van der Waals surface area contributed by atoms with Crippen LogP contribution in [0.25, 0.3) is 0 Å². The molecule has 2 rings (SSSR count). The second-order valence-electron chi connectivity index (χ2n) is 4.61. The Bertz CT molecular complexity index is 348. The van der Waals surface area contributed by atoms with Crippen LogP contribution in [-0.4, -0.2) is 29.0 Å². The summed E-state index contributed by atoms with van der Waals surface area (Å²) in [6.45, 7) is 6.04. The fourth-order valence-corrected chi connectivity index (χ4v) is 2.25. The van der Waals surface area contributed by atoms with Gasteiger partial charge in [-0.1, -0.05) is 0 Å². The predicted molar refractivity (Wildman–Crippen MR) is 63.3 cm³/mol. The molecule has 0 spiro atoms. The molecule has 1 aliphatic heterocycles. The number of rotatable bonds is 4. The van der Waals surface area contributed by atoms with Crippen molar-refractivity contribution >= 4 is 0 Å². The molecule has 0 aliphatic carbocycles. The van der Waals surface area contributed by atoms with Gasteiger partial charge in [0.1, 0.15) is 0 Å². The van der Waals surface area contributed by atoms with Gasteiger partial charge in [-0.15, -0.1) is 0 Å². The Balaban J connectivity index is 1.99. The summed E-state index contributed by atoms with van der Waals surface area (Å²) in [6, 6.07) is 0. The molecule has 2 unspecified atom stereocenters. The van der Waals surface area contributed by atoms with Crippen molar-refractivity contribution in [3.8, 4) is 0 Å². The average molecular weight is 223 g/mol. The van der Waals surface area contributed by atoms with E-state index < -0.39 is 0 Å². The molecule has 1 aromatic heterocycles. The lowest BCUT2D eigenvalue weighted by atomic mass is 10.2.